The summed E-state index contributed by atoms with van der Waals surface area (Å²) in [5.74, 6) is 0.563. The number of allylic oxidation sites excluding steroid dienone is 1. The number of rotatable bonds is 3. The van der Waals surface area contributed by atoms with Gasteiger partial charge in [-0.15, -0.1) is 0 Å². The van der Waals surface area contributed by atoms with E-state index in [9.17, 15) is 10.2 Å². The number of nitriles is 1. The number of aliphatic hydroxyl groups is 2. The fourth-order valence-electron chi connectivity index (χ4n) is 2.50. The zero-order valence-corrected chi connectivity index (χ0v) is 11.5. The van der Waals surface area contributed by atoms with Gasteiger partial charge in [-0.25, -0.2) is 15.0 Å². The van der Waals surface area contributed by atoms with E-state index in [2.05, 4.69) is 15.0 Å². The first-order valence-electron chi connectivity index (χ1n) is 6.64. The number of nitrogen functional groups attached to an aromatic ring is 1. The number of hydrogen-bond donors (Lipinski definition) is 3. The highest BCUT2D eigenvalue weighted by atomic mass is 16.5. The average molecular weight is 302 g/mol. The number of aliphatic hydroxyl groups excluding tert-OH is 2. The van der Waals surface area contributed by atoms with Gasteiger partial charge in [0.1, 0.15) is 18.3 Å². The number of ether oxygens (including phenoxy) is 1. The van der Waals surface area contributed by atoms with Crippen LogP contribution < -0.4 is 5.73 Å². The van der Waals surface area contributed by atoms with Crippen molar-refractivity contribution < 1.29 is 14.9 Å². The van der Waals surface area contributed by atoms with E-state index >= 15 is 0 Å². The zero-order valence-electron chi connectivity index (χ0n) is 11.5. The van der Waals surface area contributed by atoms with Gasteiger partial charge in [0.05, 0.1) is 18.8 Å². The van der Waals surface area contributed by atoms with Crippen molar-refractivity contribution in [2.45, 2.75) is 24.9 Å². The maximum absolute atomic E-state index is 10.2. The SMILES string of the molecule is N#C/C=C/c1nc2c(N)ncnc2n1[C@@H]1O[C@H](CO)C[C@H]1O. The molecule has 2 aromatic rings. The van der Waals surface area contributed by atoms with E-state index in [1.54, 1.807) is 4.57 Å². The quantitative estimate of drug-likeness (QED) is 0.649. The first kappa shape index (κ1) is 14.4. The van der Waals surface area contributed by atoms with E-state index in [1.807, 2.05) is 6.07 Å². The first-order chi connectivity index (χ1) is 10.7. The Bertz CT molecular complexity index is 765. The third-order valence-corrected chi connectivity index (χ3v) is 3.46. The third-order valence-electron chi connectivity index (χ3n) is 3.46. The maximum atomic E-state index is 10.2. The molecule has 9 nitrogen and oxygen atoms in total. The van der Waals surface area contributed by atoms with Crippen molar-refractivity contribution >= 4 is 23.1 Å². The van der Waals surface area contributed by atoms with E-state index < -0.39 is 18.4 Å². The van der Waals surface area contributed by atoms with Gasteiger partial charge in [-0.05, 0) is 6.08 Å². The van der Waals surface area contributed by atoms with Crippen LogP contribution in [0.5, 0.6) is 0 Å². The standard InChI is InChI=1S/C13H14N6O3/c14-3-1-2-9-18-10-11(15)16-6-17-12(10)19(9)13-8(21)4-7(5-20)22-13/h1-2,6-8,13,20-21H,4-5H2,(H2,15,16,17)/b2-1+/t7-,8+,13+/m0/s1. The fraction of sp³-hybridized carbons (Fsp3) is 0.385. The normalized spacial score (nSPS) is 25.0. The van der Waals surface area contributed by atoms with Crippen LogP contribution in [0.2, 0.25) is 0 Å². The Morgan fingerprint density at radius 1 is 1.55 bits per heavy atom. The number of anilines is 1. The summed E-state index contributed by atoms with van der Waals surface area (Å²) in [4.78, 5) is 12.3. The highest BCUT2D eigenvalue weighted by molar-refractivity contribution is 5.83. The number of fused-ring (bicyclic) bond motifs is 1. The third kappa shape index (κ3) is 2.29. The number of aromatic nitrogens is 4. The molecule has 3 atom stereocenters. The molecule has 1 saturated heterocycles. The molecule has 3 rings (SSSR count). The number of hydrogen-bond acceptors (Lipinski definition) is 8. The Balaban J connectivity index is 2.16. The van der Waals surface area contributed by atoms with Crippen LogP contribution in [-0.2, 0) is 4.74 Å². The molecule has 3 heterocycles. The van der Waals surface area contributed by atoms with E-state index in [0.29, 0.717) is 23.4 Å². The lowest BCUT2D eigenvalue weighted by Gasteiger charge is -2.18. The van der Waals surface area contributed by atoms with Crippen LogP contribution in [0.1, 0.15) is 18.5 Å². The van der Waals surface area contributed by atoms with Gasteiger partial charge in [-0.2, -0.15) is 5.26 Å². The van der Waals surface area contributed by atoms with Crippen LogP contribution in [0.3, 0.4) is 0 Å². The van der Waals surface area contributed by atoms with Crippen LogP contribution >= 0.6 is 0 Å². The monoisotopic (exact) mass is 302 g/mol. The molecule has 0 spiro atoms. The molecule has 114 valence electrons. The zero-order chi connectivity index (χ0) is 15.7. The second-order valence-corrected chi connectivity index (χ2v) is 4.87. The summed E-state index contributed by atoms with van der Waals surface area (Å²) in [5.41, 5.74) is 6.55. The summed E-state index contributed by atoms with van der Waals surface area (Å²) in [6, 6.07) is 1.88. The lowest BCUT2D eigenvalue weighted by Crippen LogP contribution is -2.21. The molecule has 0 bridgehead atoms. The molecular formula is C13H14N6O3. The highest BCUT2D eigenvalue weighted by Gasteiger charge is 2.37. The Labute approximate surface area is 125 Å². The molecule has 0 unspecified atom stereocenters. The van der Waals surface area contributed by atoms with E-state index in [4.69, 9.17) is 15.7 Å². The van der Waals surface area contributed by atoms with Gasteiger partial charge in [-0.1, -0.05) is 0 Å². The molecule has 0 amide bonds. The second-order valence-electron chi connectivity index (χ2n) is 4.87. The summed E-state index contributed by atoms with van der Waals surface area (Å²) >= 11 is 0. The van der Waals surface area contributed by atoms with Gasteiger partial charge >= 0.3 is 0 Å². The minimum Gasteiger partial charge on any atom is -0.394 e. The van der Waals surface area contributed by atoms with E-state index in [-0.39, 0.29) is 12.4 Å². The number of nitrogens with two attached hydrogens (primary N) is 1. The Hall–Kier alpha value is -2.54. The summed E-state index contributed by atoms with van der Waals surface area (Å²) in [7, 11) is 0. The average Bonchev–Trinajstić information content (AvgIpc) is 3.06. The molecule has 4 N–H and O–H groups in total. The predicted molar refractivity (Wildman–Crippen MR) is 76.0 cm³/mol. The number of imidazole rings is 1. The molecule has 22 heavy (non-hydrogen) atoms. The second kappa shape index (κ2) is 5.69. The fourth-order valence-corrected chi connectivity index (χ4v) is 2.50. The molecular weight excluding hydrogens is 288 g/mol. The smallest absolute Gasteiger partial charge is 0.168 e. The van der Waals surface area contributed by atoms with Gasteiger partial charge in [0, 0.05) is 12.5 Å². The Morgan fingerprint density at radius 2 is 2.36 bits per heavy atom. The van der Waals surface area contributed by atoms with Crippen molar-refractivity contribution in [2.75, 3.05) is 12.3 Å². The highest BCUT2D eigenvalue weighted by Crippen LogP contribution is 2.33. The molecule has 9 heteroatoms. The van der Waals surface area contributed by atoms with Crippen molar-refractivity contribution in [3.63, 3.8) is 0 Å². The predicted octanol–water partition coefficient (Wildman–Crippen LogP) is -0.414. The molecule has 0 aromatic carbocycles. The first-order valence-corrected chi connectivity index (χ1v) is 6.64. The molecule has 1 fully saturated rings. The largest absolute Gasteiger partial charge is 0.394 e. The molecule has 0 saturated carbocycles. The van der Waals surface area contributed by atoms with Crippen molar-refractivity contribution in [1.29, 1.82) is 5.26 Å². The van der Waals surface area contributed by atoms with Gasteiger partial charge in [-0.3, -0.25) is 4.57 Å². The summed E-state index contributed by atoms with van der Waals surface area (Å²) < 4.78 is 7.20. The van der Waals surface area contributed by atoms with Crippen molar-refractivity contribution in [2.24, 2.45) is 0 Å². The van der Waals surface area contributed by atoms with Crippen molar-refractivity contribution in [3.05, 3.63) is 18.2 Å². The summed E-state index contributed by atoms with van der Waals surface area (Å²) in [6.45, 7) is -0.194. The van der Waals surface area contributed by atoms with Gasteiger partial charge in [0.25, 0.3) is 0 Å². The summed E-state index contributed by atoms with van der Waals surface area (Å²) in [6.07, 6.45) is 2.25. The van der Waals surface area contributed by atoms with Crippen molar-refractivity contribution in [1.82, 2.24) is 19.5 Å². The van der Waals surface area contributed by atoms with Gasteiger partial charge < -0.3 is 20.7 Å². The van der Waals surface area contributed by atoms with Gasteiger partial charge in [0.2, 0.25) is 0 Å². The molecule has 1 aliphatic heterocycles. The maximum Gasteiger partial charge on any atom is 0.168 e. The minimum atomic E-state index is -0.833. The lowest BCUT2D eigenvalue weighted by molar-refractivity contribution is -0.0489. The van der Waals surface area contributed by atoms with Gasteiger partial charge in [0.15, 0.2) is 23.2 Å². The Morgan fingerprint density at radius 3 is 3.05 bits per heavy atom. The topological polar surface area (TPSA) is 143 Å². The van der Waals surface area contributed by atoms with E-state index in [1.165, 1.54) is 18.5 Å². The van der Waals surface area contributed by atoms with Crippen LogP contribution in [0.25, 0.3) is 17.2 Å². The number of nitrogens with zero attached hydrogens (tertiary/aromatic N) is 5. The van der Waals surface area contributed by atoms with Crippen LogP contribution in [-0.4, -0.2) is 48.5 Å². The molecule has 2 aromatic heterocycles. The van der Waals surface area contributed by atoms with Crippen molar-refractivity contribution in [3.8, 4) is 6.07 Å². The van der Waals surface area contributed by atoms with Crippen LogP contribution in [0.15, 0.2) is 12.4 Å². The lowest BCUT2D eigenvalue weighted by atomic mass is 10.2. The van der Waals surface area contributed by atoms with Crippen LogP contribution in [0.4, 0.5) is 5.82 Å². The molecule has 1 aliphatic rings. The Kier molecular flexibility index (Phi) is 3.72. The van der Waals surface area contributed by atoms with E-state index in [0.717, 1.165) is 0 Å². The molecule has 0 radical (unpaired) electrons. The van der Waals surface area contributed by atoms with Crippen LogP contribution in [0, 0.1) is 11.3 Å². The minimum absolute atomic E-state index is 0.194. The summed E-state index contributed by atoms with van der Waals surface area (Å²) in [5, 5.41) is 28.1. The molecule has 0 aliphatic carbocycles.